The first kappa shape index (κ1) is 17.1. The van der Waals surface area contributed by atoms with E-state index in [9.17, 15) is 9.90 Å². The molecule has 0 aliphatic carbocycles. The third-order valence-electron chi connectivity index (χ3n) is 2.97. The fraction of sp³-hybridized carbons (Fsp3) is 0.562. The van der Waals surface area contributed by atoms with E-state index in [1.807, 2.05) is 46.8 Å². The van der Waals surface area contributed by atoms with Gasteiger partial charge in [0, 0.05) is 24.3 Å². The quantitative estimate of drug-likeness (QED) is 0.728. The van der Waals surface area contributed by atoms with Crippen molar-refractivity contribution in [2.75, 3.05) is 18.4 Å². The van der Waals surface area contributed by atoms with Crippen LogP contribution >= 0.6 is 0 Å². The van der Waals surface area contributed by atoms with Gasteiger partial charge in [0.05, 0.1) is 0 Å². The average molecular weight is 294 g/mol. The monoisotopic (exact) mass is 294 g/mol. The molecule has 0 saturated heterocycles. The summed E-state index contributed by atoms with van der Waals surface area (Å²) in [6.07, 6.45) is 0.375. The molecule has 5 nitrogen and oxygen atoms in total. The highest BCUT2D eigenvalue weighted by atomic mass is 16.6. The third-order valence-corrected chi connectivity index (χ3v) is 2.97. The third kappa shape index (κ3) is 5.94. The Bertz CT molecular complexity index is 493. The Morgan fingerprint density at radius 3 is 2.52 bits per heavy atom. The molecule has 118 valence electrons. The van der Waals surface area contributed by atoms with Gasteiger partial charge in [0.25, 0.3) is 0 Å². The van der Waals surface area contributed by atoms with Crippen LogP contribution in [0.25, 0.3) is 0 Å². The zero-order chi connectivity index (χ0) is 16.0. The number of phenolic OH excluding ortho intramolecular Hbond substituents is 1. The number of alkyl carbamates (subject to hydrolysis) is 1. The van der Waals surface area contributed by atoms with Gasteiger partial charge in [-0.3, -0.25) is 0 Å². The molecule has 0 heterocycles. The number of carbonyl (C=O) groups excluding carboxylic acids is 1. The van der Waals surface area contributed by atoms with E-state index < -0.39 is 11.7 Å². The van der Waals surface area contributed by atoms with Gasteiger partial charge >= 0.3 is 6.09 Å². The smallest absolute Gasteiger partial charge is 0.407 e. The Labute approximate surface area is 126 Å². The van der Waals surface area contributed by atoms with Crippen molar-refractivity contribution in [3.05, 3.63) is 23.3 Å². The molecule has 1 aromatic rings. The second-order valence-corrected chi connectivity index (χ2v) is 6.11. The number of hydrogen-bond acceptors (Lipinski definition) is 4. The molecule has 0 aliphatic heterocycles. The molecule has 21 heavy (non-hydrogen) atoms. The average Bonchev–Trinajstić information content (AvgIpc) is 2.36. The van der Waals surface area contributed by atoms with Crippen molar-refractivity contribution in [2.24, 2.45) is 0 Å². The Hall–Kier alpha value is -1.91. The SMILES string of the molecule is Cc1ccc(NCCCNC(=O)OC(C)(C)C)c(C)c1O. The summed E-state index contributed by atoms with van der Waals surface area (Å²) in [4.78, 5) is 11.4. The van der Waals surface area contributed by atoms with Crippen LogP contribution in [0.15, 0.2) is 12.1 Å². The lowest BCUT2D eigenvalue weighted by Crippen LogP contribution is -2.33. The minimum absolute atomic E-state index is 0.326. The minimum atomic E-state index is -0.473. The van der Waals surface area contributed by atoms with E-state index in [2.05, 4.69) is 10.6 Å². The first-order valence-corrected chi connectivity index (χ1v) is 7.20. The summed E-state index contributed by atoms with van der Waals surface area (Å²) in [7, 11) is 0. The molecule has 0 radical (unpaired) electrons. The number of phenols is 1. The number of benzene rings is 1. The molecule has 0 atom stereocenters. The van der Waals surface area contributed by atoms with Gasteiger partial charge in [-0.2, -0.15) is 0 Å². The van der Waals surface area contributed by atoms with Crippen molar-refractivity contribution in [2.45, 2.75) is 46.6 Å². The van der Waals surface area contributed by atoms with Crippen LogP contribution in [-0.4, -0.2) is 29.9 Å². The Kier molecular flexibility index (Phi) is 5.88. The molecule has 0 bridgehead atoms. The lowest BCUT2D eigenvalue weighted by molar-refractivity contribution is 0.0528. The van der Waals surface area contributed by atoms with Crippen LogP contribution < -0.4 is 10.6 Å². The molecule has 1 rings (SSSR count). The highest BCUT2D eigenvalue weighted by Crippen LogP contribution is 2.27. The maximum Gasteiger partial charge on any atom is 0.407 e. The molecule has 1 aromatic carbocycles. The molecular weight excluding hydrogens is 268 g/mol. The maximum atomic E-state index is 11.4. The normalized spacial score (nSPS) is 11.1. The van der Waals surface area contributed by atoms with E-state index in [0.717, 1.165) is 23.2 Å². The second kappa shape index (κ2) is 7.20. The molecule has 0 aromatic heterocycles. The number of aromatic hydroxyl groups is 1. The first-order valence-electron chi connectivity index (χ1n) is 7.20. The molecule has 3 N–H and O–H groups in total. The van der Waals surface area contributed by atoms with Gasteiger partial charge in [0.15, 0.2) is 0 Å². The molecule has 0 spiro atoms. The predicted octanol–water partition coefficient (Wildman–Crippen LogP) is 3.34. The van der Waals surface area contributed by atoms with Gasteiger partial charge in [-0.05, 0) is 52.7 Å². The molecule has 0 saturated carbocycles. The van der Waals surface area contributed by atoms with Crippen molar-refractivity contribution >= 4 is 11.8 Å². The van der Waals surface area contributed by atoms with Crippen LogP contribution in [0.1, 0.15) is 38.3 Å². The van der Waals surface area contributed by atoms with E-state index in [0.29, 0.717) is 18.8 Å². The van der Waals surface area contributed by atoms with Crippen LogP contribution in [0, 0.1) is 13.8 Å². The number of aryl methyl sites for hydroxylation is 1. The molecule has 0 fully saturated rings. The number of anilines is 1. The fourth-order valence-corrected chi connectivity index (χ4v) is 1.84. The van der Waals surface area contributed by atoms with Crippen molar-refractivity contribution in [1.82, 2.24) is 5.32 Å². The van der Waals surface area contributed by atoms with Gasteiger partial charge in [0.1, 0.15) is 11.4 Å². The van der Waals surface area contributed by atoms with E-state index in [-0.39, 0.29) is 0 Å². The molecule has 5 heteroatoms. The topological polar surface area (TPSA) is 70.6 Å². The summed E-state index contributed by atoms with van der Waals surface area (Å²) in [6, 6.07) is 3.83. The zero-order valence-corrected chi connectivity index (χ0v) is 13.5. The highest BCUT2D eigenvalue weighted by Gasteiger charge is 2.15. The van der Waals surface area contributed by atoms with Crippen LogP contribution in [0.3, 0.4) is 0 Å². The highest BCUT2D eigenvalue weighted by molar-refractivity contribution is 5.67. The van der Waals surface area contributed by atoms with Gasteiger partial charge in [-0.25, -0.2) is 4.79 Å². The maximum absolute atomic E-state index is 11.4. The molecule has 1 amide bonds. The largest absolute Gasteiger partial charge is 0.507 e. The summed E-state index contributed by atoms with van der Waals surface area (Å²) in [5.74, 6) is 0.326. The summed E-state index contributed by atoms with van der Waals surface area (Å²) in [6.45, 7) is 10.5. The molecular formula is C16H26N2O3. The van der Waals surface area contributed by atoms with Gasteiger partial charge in [-0.15, -0.1) is 0 Å². The van der Waals surface area contributed by atoms with Crippen molar-refractivity contribution < 1.29 is 14.6 Å². The fourth-order valence-electron chi connectivity index (χ4n) is 1.84. The number of hydrogen-bond donors (Lipinski definition) is 3. The predicted molar refractivity (Wildman–Crippen MR) is 84.9 cm³/mol. The first-order chi connectivity index (χ1) is 9.70. The molecule has 0 aliphatic rings. The summed E-state index contributed by atoms with van der Waals surface area (Å²) in [5, 5.41) is 15.8. The van der Waals surface area contributed by atoms with Crippen LogP contribution in [0.4, 0.5) is 10.5 Å². The second-order valence-electron chi connectivity index (χ2n) is 6.11. The number of amides is 1. The number of ether oxygens (including phenoxy) is 1. The lowest BCUT2D eigenvalue weighted by atomic mass is 10.1. The van der Waals surface area contributed by atoms with Gasteiger partial charge < -0.3 is 20.5 Å². The Morgan fingerprint density at radius 2 is 1.90 bits per heavy atom. The Morgan fingerprint density at radius 1 is 1.24 bits per heavy atom. The van der Waals surface area contributed by atoms with E-state index in [4.69, 9.17) is 4.74 Å². The number of nitrogens with one attached hydrogen (secondary N) is 2. The number of carbonyl (C=O) groups is 1. The summed E-state index contributed by atoms with van der Waals surface area (Å²) >= 11 is 0. The van der Waals surface area contributed by atoms with Crippen molar-refractivity contribution in [3.8, 4) is 5.75 Å². The number of rotatable bonds is 5. The zero-order valence-electron chi connectivity index (χ0n) is 13.5. The van der Waals surface area contributed by atoms with E-state index in [1.54, 1.807) is 0 Å². The lowest BCUT2D eigenvalue weighted by Gasteiger charge is -2.19. The standard InChI is InChI=1S/C16H26N2O3/c1-11-7-8-13(12(2)14(11)19)17-9-6-10-18-15(20)21-16(3,4)5/h7-8,17,19H,6,9-10H2,1-5H3,(H,18,20). The van der Waals surface area contributed by atoms with Crippen molar-refractivity contribution in [3.63, 3.8) is 0 Å². The summed E-state index contributed by atoms with van der Waals surface area (Å²) in [5.41, 5.74) is 2.15. The van der Waals surface area contributed by atoms with Crippen LogP contribution in [0.5, 0.6) is 5.75 Å². The summed E-state index contributed by atoms with van der Waals surface area (Å²) < 4.78 is 5.15. The van der Waals surface area contributed by atoms with E-state index >= 15 is 0 Å². The van der Waals surface area contributed by atoms with Crippen LogP contribution in [0.2, 0.25) is 0 Å². The van der Waals surface area contributed by atoms with Gasteiger partial charge in [-0.1, -0.05) is 6.07 Å². The van der Waals surface area contributed by atoms with Crippen LogP contribution in [-0.2, 0) is 4.74 Å². The van der Waals surface area contributed by atoms with Crippen molar-refractivity contribution in [1.29, 1.82) is 0 Å². The van der Waals surface area contributed by atoms with Gasteiger partial charge in [0.2, 0.25) is 0 Å². The molecule has 0 unspecified atom stereocenters. The minimum Gasteiger partial charge on any atom is -0.507 e. The Balaban J connectivity index is 2.29. The van der Waals surface area contributed by atoms with E-state index in [1.165, 1.54) is 0 Å².